The molecule has 1 heterocycles. The molecule has 6 nitrogen and oxygen atoms in total. The summed E-state index contributed by atoms with van der Waals surface area (Å²) in [7, 11) is 0. The predicted octanol–water partition coefficient (Wildman–Crippen LogP) is 4.21. The molecule has 0 spiro atoms. The number of carbonyl (C=O) groups excluding carboxylic acids is 1. The summed E-state index contributed by atoms with van der Waals surface area (Å²) in [6.07, 6.45) is 1.80. The molecule has 3 N–H and O–H groups in total. The van der Waals surface area contributed by atoms with E-state index >= 15 is 0 Å². The van der Waals surface area contributed by atoms with Crippen LogP contribution in [0.1, 0.15) is 48.0 Å². The lowest BCUT2D eigenvalue weighted by molar-refractivity contribution is 0.0646. The number of halogens is 1. The highest BCUT2D eigenvalue weighted by Crippen LogP contribution is 2.15. The van der Waals surface area contributed by atoms with Gasteiger partial charge < -0.3 is 20.7 Å². The molecule has 0 aliphatic heterocycles. The Bertz CT molecular complexity index is 726. The highest BCUT2D eigenvalue weighted by molar-refractivity contribution is 14.0. The number of hydrogen-bond donors (Lipinski definition) is 3. The van der Waals surface area contributed by atoms with Crippen molar-refractivity contribution in [2.24, 2.45) is 4.99 Å². The van der Waals surface area contributed by atoms with Gasteiger partial charge in [0, 0.05) is 32.8 Å². The summed E-state index contributed by atoms with van der Waals surface area (Å²) in [5.41, 5.74) is 1.20. The average molecular weight is 545 g/mol. The third-order valence-corrected chi connectivity index (χ3v) is 5.10. The molecule has 1 aromatic carbocycles. The molecule has 1 amide bonds. The molecule has 0 aliphatic rings. The lowest BCUT2D eigenvalue weighted by Crippen LogP contribution is -2.38. The SMILES string of the molecule is CCNC(=NCCCNC(=O)c1cccs1)NCCCOC(C)c1ccccc1.I. The fourth-order valence-corrected chi connectivity index (χ4v) is 3.31. The predicted molar refractivity (Wildman–Crippen MR) is 136 cm³/mol. The molecule has 2 aromatic rings. The number of thiophene rings is 1. The first-order valence-electron chi connectivity index (χ1n) is 10.2. The number of aliphatic imine (C=N–C) groups is 1. The van der Waals surface area contributed by atoms with Crippen molar-refractivity contribution in [1.29, 1.82) is 0 Å². The number of nitrogens with zero attached hydrogens (tertiary/aromatic N) is 1. The molecule has 2 rings (SSSR count). The summed E-state index contributed by atoms with van der Waals surface area (Å²) in [6.45, 7) is 7.68. The highest BCUT2D eigenvalue weighted by Gasteiger charge is 2.05. The molecule has 30 heavy (non-hydrogen) atoms. The van der Waals surface area contributed by atoms with Crippen LogP contribution in [-0.4, -0.2) is 44.7 Å². The van der Waals surface area contributed by atoms with Crippen LogP contribution in [-0.2, 0) is 4.74 Å². The maximum absolute atomic E-state index is 11.9. The van der Waals surface area contributed by atoms with E-state index in [0.29, 0.717) is 19.7 Å². The van der Waals surface area contributed by atoms with Gasteiger partial charge in [-0.05, 0) is 43.7 Å². The van der Waals surface area contributed by atoms with E-state index in [4.69, 9.17) is 4.74 Å². The van der Waals surface area contributed by atoms with Crippen LogP contribution in [0.5, 0.6) is 0 Å². The zero-order valence-electron chi connectivity index (χ0n) is 17.7. The van der Waals surface area contributed by atoms with Crippen molar-refractivity contribution < 1.29 is 9.53 Å². The highest BCUT2D eigenvalue weighted by atomic mass is 127. The minimum Gasteiger partial charge on any atom is -0.374 e. The van der Waals surface area contributed by atoms with Crippen LogP contribution < -0.4 is 16.0 Å². The smallest absolute Gasteiger partial charge is 0.261 e. The Balaban J connectivity index is 0.00000450. The lowest BCUT2D eigenvalue weighted by atomic mass is 10.1. The number of amides is 1. The third kappa shape index (κ3) is 10.4. The second kappa shape index (κ2) is 16.1. The number of guanidine groups is 1. The van der Waals surface area contributed by atoms with E-state index in [1.807, 2.05) is 42.6 Å². The number of carbonyl (C=O) groups is 1. The Kier molecular flexibility index (Phi) is 14.2. The Labute approximate surface area is 200 Å². The summed E-state index contributed by atoms with van der Waals surface area (Å²) in [5.74, 6) is 0.784. The van der Waals surface area contributed by atoms with Crippen LogP contribution in [0.25, 0.3) is 0 Å². The van der Waals surface area contributed by atoms with Gasteiger partial charge in [-0.2, -0.15) is 0 Å². The Morgan fingerprint density at radius 3 is 2.53 bits per heavy atom. The van der Waals surface area contributed by atoms with Crippen molar-refractivity contribution in [3.8, 4) is 0 Å². The zero-order chi connectivity index (χ0) is 20.7. The molecule has 1 atom stereocenters. The first kappa shape index (κ1) is 26.4. The van der Waals surface area contributed by atoms with Crippen molar-refractivity contribution in [1.82, 2.24) is 16.0 Å². The number of ether oxygens (including phenoxy) is 1. The van der Waals surface area contributed by atoms with Gasteiger partial charge in [0.2, 0.25) is 0 Å². The van der Waals surface area contributed by atoms with Crippen molar-refractivity contribution in [2.45, 2.75) is 32.8 Å². The third-order valence-electron chi connectivity index (χ3n) is 4.23. The van der Waals surface area contributed by atoms with Gasteiger partial charge >= 0.3 is 0 Å². The topological polar surface area (TPSA) is 74.8 Å². The minimum absolute atomic E-state index is 0. The minimum atomic E-state index is -0.0151. The van der Waals surface area contributed by atoms with Crippen molar-refractivity contribution in [2.75, 3.05) is 32.8 Å². The van der Waals surface area contributed by atoms with E-state index in [1.54, 1.807) is 0 Å². The monoisotopic (exact) mass is 544 g/mol. The van der Waals surface area contributed by atoms with Crippen LogP contribution in [0.15, 0.2) is 52.8 Å². The van der Waals surface area contributed by atoms with Gasteiger partial charge in [-0.25, -0.2) is 0 Å². The molecule has 0 fully saturated rings. The molecular weight excluding hydrogens is 511 g/mol. The molecular formula is C22H33IN4O2S. The van der Waals surface area contributed by atoms with E-state index in [1.165, 1.54) is 16.9 Å². The molecule has 0 saturated heterocycles. The Morgan fingerprint density at radius 2 is 1.83 bits per heavy atom. The van der Waals surface area contributed by atoms with E-state index in [-0.39, 0.29) is 36.0 Å². The van der Waals surface area contributed by atoms with Crippen molar-refractivity contribution in [3.05, 3.63) is 58.3 Å². The number of hydrogen-bond acceptors (Lipinski definition) is 4. The molecule has 1 aromatic heterocycles. The molecule has 0 saturated carbocycles. The summed E-state index contributed by atoms with van der Waals surface area (Å²) in [6, 6.07) is 14.0. The van der Waals surface area contributed by atoms with Gasteiger partial charge in [0.25, 0.3) is 5.91 Å². The zero-order valence-corrected chi connectivity index (χ0v) is 20.9. The largest absolute Gasteiger partial charge is 0.374 e. The average Bonchev–Trinajstić information content (AvgIpc) is 3.28. The van der Waals surface area contributed by atoms with Crippen LogP contribution in [0.4, 0.5) is 0 Å². The van der Waals surface area contributed by atoms with Gasteiger partial charge in [0.05, 0.1) is 11.0 Å². The first-order chi connectivity index (χ1) is 14.2. The van der Waals surface area contributed by atoms with Gasteiger partial charge in [-0.3, -0.25) is 9.79 Å². The molecule has 1 unspecified atom stereocenters. The van der Waals surface area contributed by atoms with Crippen LogP contribution in [0.3, 0.4) is 0 Å². The van der Waals surface area contributed by atoms with Gasteiger partial charge in [0.1, 0.15) is 0 Å². The normalized spacial score (nSPS) is 12.0. The second-order valence-corrected chi connectivity index (χ2v) is 7.50. The van der Waals surface area contributed by atoms with E-state index in [2.05, 4.69) is 40.0 Å². The summed E-state index contributed by atoms with van der Waals surface area (Å²) in [4.78, 5) is 17.2. The lowest BCUT2D eigenvalue weighted by Gasteiger charge is -2.14. The fourth-order valence-electron chi connectivity index (χ4n) is 2.67. The van der Waals surface area contributed by atoms with Crippen LogP contribution >= 0.6 is 35.3 Å². The summed E-state index contributed by atoms with van der Waals surface area (Å²) >= 11 is 1.45. The molecule has 0 radical (unpaired) electrons. The number of nitrogens with one attached hydrogen (secondary N) is 3. The maximum atomic E-state index is 11.9. The van der Waals surface area contributed by atoms with Crippen molar-refractivity contribution >= 4 is 47.2 Å². The van der Waals surface area contributed by atoms with Crippen LogP contribution in [0, 0.1) is 0 Å². The summed E-state index contributed by atoms with van der Waals surface area (Å²) < 4.78 is 5.90. The van der Waals surface area contributed by atoms with Gasteiger partial charge in [-0.1, -0.05) is 36.4 Å². The van der Waals surface area contributed by atoms with Crippen molar-refractivity contribution in [3.63, 3.8) is 0 Å². The number of benzene rings is 1. The molecule has 0 aliphatic carbocycles. The number of rotatable bonds is 12. The van der Waals surface area contributed by atoms with E-state index in [9.17, 15) is 4.79 Å². The first-order valence-corrected chi connectivity index (χ1v) is 11.1. The van der Waals surface area contributed by atoms with Crippen LogP contribution in [0.2, 0.25) is 0 Å². The maximum Gasteiger partial charge on any atom is 0.261 e. The Morgan fingerprint density at radius 1 is 1.07 bits per heavy atom. The standard InChI is InChI=1S/C22H32N4O2S.HI/c1-3-23-22(25-14-8-13-24-21(27)20-12-7-17-29-20)26-15-9-16-28-18(2)19-10-5-4-6-11-19;/h4-7,10-12,17-18H,3,8-9,13-16H2,1-2H3,(H,24,27)(H2,23,25,26);1H. The molecule has 0 bridgehead atoms. The van der Waals surface area contributed by atoms with Gasteiger partial charge in [0.15, 0.2) is 5.96 Å². The molecule has 166 valence electrons. The molecule has 8 heteroatoms. The quantitative estimate of drug-likeness (QED) is 0.162. The second-order valence-electron chi connectivity index (χ2n) is 6.55. The Hall–Kier alpha value is -1.65. The van der Waals surface area contributed by atoms with E-state index in [0.717, 1.165) is 36.8 Å². The summed E-state index contributed by atoms with van der Waals surface area (Å²) in [5, 5.41) is 11.4. The van der Waals surface area contributed by atoms with E-state index < -0.39 is 0 Å². The van der Waals surface area contributed by atoms with Gasteiger partial charge in [-0.15, -0.1) is 35.3 Å². The fraction of sp³-hybridized carbons (Fsp3) is 0.455.